The Balaban J connectivity index is 3.47. The lowest BCUT2D eigenvalue weighted by atomic mass is 10.1. The van der Waals surface area contributed by atoms with Crippen molar-refractivity contribution in [3.05, 3.63) is 0 Å². The van der Waals surface area contributed by atoms with Gasteiger partial charge in [-0.15, -0.1) is 0 Å². The number of hydrogen-bond acceptors (Lipinski definition) is 1. The number of carbonyl (C=O) groups excluding carboxylic acids is 1. The van der Waals surface area contributed by atoms with Crippen molar-refractivity contribution in [1.29, 1.82) is 0 Å². The number of ketones is 1. The lowest BCUT2D eigenvalue weighted by Crippen LogP contribution is -2.14. The standard InChI is InChI=1S/C8H13F3O/c1-2-3-4-5-7(12)6-8(9,10)11/h2-6H2,1H3. The zero-order valence-corrected chi connectivity index (χ0v) is 7.08. The fraction of sp³-hybridized carbons (Fsp3) is 0.875. The van der Waals surface area contributed by atoms with E-state index < -0.39 is 18.4 Å². The Morgan fingerprint density at radius 3 is 2.25 bits per heavy atom. The van der Waals surface area contributed by atoms with Gasteiger partial charge in [0.25, 0.3) is 0 Å². The number of hydrogen-bond donors (Lipinski definition) is 0. The molecule has 0 saturated carbocycles. The lowest BCUT2D eigenvalue weighted by molar-refractivity contribution is -0.152. The molecule has 72 valence electrons. The molecule has 0 aliphatic heterocycles. The summed E-state index contributed by atoms with van der Waals surface area (Å²) in [6, 6.07) is 0. The van der Waals surface area contributed by atoms with Crippen LogP contribution in [0.4, 0.5) is 13.2 Å². The summed E-state index contributed by atoms with van der Waals surface area (Å²) >= 11 is 0. The van der Waals surface area contributed by atoms with Crippen LogP contribution in [0.5, 0.6) is 0 Å². The Morgan fingerprint density at radius 1 is 1.25 bits per heavy atom. The molecule has 1 nitrogen and oxygen atoms in total. The van der Waals surface area contributed by atoms with Gasteiger partial charge in [0.05, 0.1) is 0 Å². The fourth-order valence-corrected chi connectivity index (χ4v) is 0.884. The molecule has 0 N–H and O–H groups in total. The highest BCUT2D eigenvalue weighted by Crippen LogP contribution is 2.21. The second-order valence-electron chi connectivity index (χ2n) is 2.79. The Labute approximate surface area is 70.0 Å². The summed E-state index contributed by atoms with van der Waals surface area (Å²) in [5.74, 6) is -0.698. The van der Waals surface area contributed by atoms with Crippen LogP contribution in [0.2, 0.25) is 0 Å². The average Bonchev–Trinajstić information content (AvgIpc) is 1.84. The van der Waals surface area contributed by atoms with Gasteiger partial charge in [-0.3, -0.25) is 4.79 Å². The maximum Gasteiger partial charge on any atom is 0.395 e. The molecule has 4 heteroatoms. The van der Waals surface area contributed by atoms with Crippen molar-refractivity contribution < 1.29 is 18.0 Å². The molecule has 12 heavy (non-hydrogen) atoms. The van der Waals surface area contributed by atoms with E-state index in [2.05, 4.69) is 0 Å². The molecule has 0 bridgehead atoms. The molecule has 0 radical (unpaired) electrons. The average molecular weight is 182 g/mol. The Kier molecular flexibility index (Phi) is 4.93. The van der Waals surface area contributed by atoms with Crippen LogP contribution < -0.4 is 0 Å². The van der Waals surface area contributed by atoms with Crippen LogP contribution in [0.15, 0.2) is 0 Å². The van der Waals surface area contributed by atoms with Crippen molar-refractivity contribution in [1.82, 2.24) is 0 Å². The maximum absolute atomic E-state index is 11.6. The van der Waals surface area contributed by atoms with Crippen LogP contribution in [0.1, 0.15) is 39.0 Å². The number of halogens is 3. The predicted octanol–water partition coefficient (Wildman–Crippen LogP) is 3.09. The summed E-state index contributed by atoms with van der Waals surface area (Å²) in [5.41, 5.74) is 0. The summed E-state index contributed by atoms with van der Waals surface area (Å²) in [6.45, 7) is 1.94. The highest BCUT2D eigenvalue weighted by Gasteiger charge is 2.30. The van der Waals surface area contributed by atoms with Gasteiger partial charge >= 0.3 is 6.18 Å². The third-order valence-electron chi connectivity index (χ3n) is 1.46. The number of Topliss-reactive ketones (excluding diaryl/α,β-unsaturated/α-hetero) is 1. The largest absolute Gasteiger partial charge is 0.395 e. The van der Waals surface area contributed by atoms with Gasteiger partial charge in [-0.25, -0.2) is 0 Å². The quantitative estimate of drug-likeness (QED) is 0.597. The molecule has 0 aromatic rings. The summed E-state index contributed by atoms with van der Waals surface area (Å²) in [7, 11) is 0. The molecule has 0 aromatic heterocycles. The third kappa shape index (κ3) is 7.57. The molecule has 0 aliphatic carbocycles. The second-order valence-corrected chi connectivity index (χ2v) is 2.79. The van der Waals surface area contributed by atoms with E-state index in [0.29, 0.717) is 6.42 Å². The van der Waals surface area contributed by atoms with Crippen molar-refractivity contribution >= 4 is 5.78 Å². The van der Waals surface area contributed by atoms with E-state index in [9.17, 15) is 18.0 Å². The smallest absolute Gasteiger partial charge is 0.299 e. The molecule has 0 saturated heterocycles. The molecule has 0 unspecified atom stereocenters. The van der Waals surface area contributed by atoms with Gasteiger partial charge < -0.3 is 0 Å². The van der Waals surface area contributed by atoms with Gasteiger partial charge in [0.15, 0.2) is 0 Å². The molecular formula is C8H13F3O. The summed E-state index contributed by atoms with van der Waals surface area (Å²) in [4.78, 5) is 10.6. The molecular weight excluding hydrogens is 169 g/mol. The van der Waals surface area contributed by atoms with Crippen LogP contribution in [0.25, 0.3) is 0 Å². The normalized spacial score (nSPS) is 11.7. The Morgan fingerprint density at radius 2 is 1.83 bits per heavy atom. The molecule has 0 aliphatic rings. The third-order valence-corrected chi connectivity index (χ3v) is 1.46. The van der Waals surface area contributed by atoms with Crippen molar-refractivity contribution in [3.63, 3.8) is 0 Å². The van der Waals surface area contributed by atoms with E-state index in [1.807, 2.05) is 6.92 Å². The monoisotopic (exact) mass is 182 g/mol. The van der Waals surface area contributed by atoms with Gasteiger partial charge in [-0.05, 0) is 6.42 Å². The van der Waals surface area contributed by atoms with Crippen molar-refractivity contribution in [2.45, 2.75) is 45.2 Å². The maximum atomic E-state index is 11.6. The first-order chi connectivity index (χ1) is 5.45. The highest BCUT2D eigenvalue weighted by molar-refractivity contribution is 5.78. The lowest BCUT2D eigenvalue weighted by Gasteiger charge is -2.04. The molecule has 0 heterocycles. The summed E-state index contributed by atoms with van der Waals surface area (Å²) in [6.07, 6.45) is -3.22. The van der Waals surface area contributed by atoms with E-state index in [4.69, 9.17) is 0 Å². The first-order valence-corrected chi connectivity index (χ1v) is 4.04. The van der Waals surface area contributed by atoms with E-state index in [1.54, 1.807) is 0 Å². The zero-order valence-electron chi connectivity index (χ0n) is 7.08. The second kappa shape index (κ2) is 5.17. The Hall–Kier alpha value is -0.540. The molecule has 0 aromatic carbocycles. The number of alkyl halides is 3. The van der Waals surface area contributed by atoms with Crippen LogP contribution in [-0.2, 0) is 4.79 Å². The van der Waals surface area contributed by atoms with Gasteiger partial charge in [-0.1, -0.05) is 19.8 Å². The van der Waals surface area contributed by atoms with E-state index in [-0.39, 0.29) is 6.42 Å². The first kappa shape index (κ1) is 11.5. The number of unbranched alkanes of at least 4 members (excludes halogenated alkanes) is 2. The van der Waals surface area contributed by atoms with E-state index in [1.165, 1.54) is 0 Å². The minimum absolute atomic E-state index is 0.0628. The van der Waals surface area contributed by atoms with E-state index in [0.717, 1.165) is 12.8 Å². The molecule has 0 fully saturated rings. The summed E-state index contributed by atoms with van der Waals surface area (Å²) in [5, 5.41) is 0. The number of rotatable bonds is 5. The summed E-state index contributed by atoms with van der Waals surface area (Å²) < 4.78 is 34.8. The highest BCUT2D eigenvalue weighted by atomic mass is 19.4. The van der Waals surface area contributed by atoms with Crippen LogP contribution in [0, 0.1) is 0 Å². The minimum Gasteiger partial charge on any atom is -0.299 e. The molecule has 0 rings (SSSR count). The topological polar surface area (TPSA) is 17.1 Å². The van der Waals surface area contributed by atoms with Crippen molar-refractivity contribution in [3.8, 4) is 0 Å². The van der Waals surface area contributed by atoms with Crippen molar-refractivity contribution in [2.75, 3.05) is 0 Å². The predicted molar refractivity (Wildman–Crippen MR) is 39.8 cm³/mol. The van der Waals surface area contributed by atoms with Gasteiger partial charge in [0.2, 0.25) is 0 Å². The molecule has 0 atom stereocenters. The first-order valence-electron chi connectivity index (χ1n) is 4.04. The number of carbonyl (C=O) groups is 1. The molecule has 0 spiro atoms. The zero-order chi connectivity index (χ0) is 9.61. The van der Waals surface area contributed by atoms with Crippen LogP contribution in [-0.4, -0.2) is 12.0 Å². The fourth-order valence-electron chi connectivity index (χ4n) is 0.884. The van der Waals surface area contributed by atoms with Gasteiger partial charge in [0.1, 0.15) is 12.2 Å². The SMILES string of the molecule is CCCCCC(=O)CC(F)(F)F. The van der Waals surface area contributed by atoms with Gasteiger partial charge in [0, 0.05) is 6.42 Å². The molecule has 0 amide bonds. The van der Waals surface area contributed by atoms with Crippen LogP contribution in [0.3, 0.4) is 0 Å². The minimum atomic E-state index is -4.33. The van der Waals surface area contributed by atoms with Crippen LogP contribution >= 0.6 is 0 Å². The Bertz CT molecular complexity index is 140. The van der Waals surface area contributed by atoms with Gasteiger partial charge in [-0.2, -0.15) is 13.2 Å². The van der Waals surface area contributed by atoms with Crippen molar-refractivity contribution in [2.24, 2.45) is 0 Å². The van der Waals surface area contributed by atoms with E-state index >= 15 is 0 Å².